The Morgan fingerprint density at radius 3 is 2.67 bits per heavy atom. The molecular weight excluding hydrogens is 315 g/mol. The predicted molar refractivity (Wildman–Crippen MR) is 80.3 cm³/mol. The molecule has 1 saturated heterocycles. The molecule has 0 atom stereocenters. The summed E-state index contributed by atoms with van der Waals surface area (Å²) in [6.45, 7) is 4.26. The molecule has 2 aliphatic heterocycles. The lowest BCUT2D eigenvalue weighted by molar-refractivity contribution is -0.114. The Morgan fingerprint density at radius 2 is 2.10 bits per heavy atom. The molecular formula is C14H14ClFN2O2S. The number of imide groups is 1. The largest absolute Gasteiger partial charge is 0.336 e. The van der Waals surface area contributed by atoms with Gasteiger partial charge >= 0.3 is 6.03 Å². The molecule has 3 amide bonds. The minimum Gasteiger partial charge on any atom is -0.289 e. The van der Waals surface area contributed by atoms with Gasteiger partial charge in [0.1, 0.15) is 11.4 Å². The van der Waals surface area contributed by atoms with E-state index < -0.39 is 17.1 Å². The molecule has 3 heterocycles. The van der Waals surface area contributed by atoms with Gasteiger partial charge in [0.15, 0.2) is 0 Å². The first-order valence-corrected chi connectivity index (χ1v) is 7.96. The quantitative estimate of drug-likeness (QED) is 0.766. The molecule has 0 radical (unpaired) electrons. The second-order valence-electron chi connectivity index (χ2n) is 5.36. The Hall–Kier alpha value is -1.40. The fraction of sp³-hybridized carbons (Fsp3) is 0.429. The number of fused-ring (bicyclic) bond motifs is 1. The third-order valence-electron chi connectivity index (χ3n) is 3.62. The van der Waals surface area contributed by atoms with Crippen LogP contribution in [0.1, 0.15) is 37.5 Å². The van der Waals surface area contributed by atoms with Gasteiger partial charge in [-0.15, -0.1) is 11.3 Å². The van der Waals surface area contributed by atoms with Crippen molar-refractivity contribution in [2.75, 3.05) is 11.4 Å². The minimum atomic E-state index is -0.592. The number of halogens is 2. The average molecular weight is 329 g/mol. The molecule has 21 heavy (non-hydrogen) atoms. The van der Waals surface area contributed by atoms with Gasteiger partial charge in [-0.1, -0.05) is 31.5 Å². The van der Waals surface area contributed by atoms with Crippen LogP contribution in [0.3, 0.4) is 0 Å². The van der Waals surface area contributed by atoms with E-state index in [9.17, 15) is 14.0 Å². The zero-order valence-electron chi connectivity index (χ0n) is 11.7. The SMILES string of the molecule is CC(C)c1sc(F)c(N2C(=O)C3=CCCCN3C2=O)c1Cl. The maximum Gasteiger partial charge on any atom is 0.336 e. The third-order valence-corrected chi connectivity index (χ3v) is 5.38. The van der Waals surface area contributed by atoms with Crippen molar-refractivity contribution in [3.05, 3.63) is 26.8 Å². The summed E-state index contributed by atoms with van der Waals surface area (Å²) in [5.74, 6) is -0.464. The van der Waals surface area contributed by atoms with E-state index in [1.807, 2.05) is 13.8 Å². The summed E-state index contributed by atoms with van der Waals surface area (Å²) in [4.78, 5) is 27.7. The standard InChI is InChI=1S/C14H14ClFN2O2S/c1-7(2)11-9(15)10(12(16)21-11)18-13(19)8-5-3-4-6-17(8)14(18)20/h5,7H,3-4,6H2,1-2H3. The van der Waals surface area contributed by atoms with Crippen molar-refractivity contribution < 1.29 is 14.0 Å². The Morgan fingerprint density at radius 1 is 1.38 bits per heavy atom. The highest BCUT2D eigenvalue weighted by atomic mass is 35.5. The number of urea groups is 1. The molecule has 0 saturated carbocycles. The molecule has 0 spiro atoms. The van der Waals surface area contributed by atoms with Crippen LogP contribution in [0.2, 0.25) is 5.02 Å². The molecule has 1 aromatic rings. The summed E-state index contributed by atoms with van der Waals surface area (Å²) in [6.07, 6.45) is 3.27. The highest BCUT2D eigenvalue weighted by Gasteiger charge is 2.45. The molecule has 4 nitrogen and oxygen atoms in total. The summed E-state index contributed by atoms with van der Waals surface area (Å²) < 4.78 is 14.3. The predicted octanol–water partition coefficient (Wildman–Crippen LogP) is 4.11. The fourth-order valence-corrected chi connectivity index (χ4v) is 4.05. The van der Waals surface area contributed by atoms with E-state index in [1.165, 1.54) is 4.90 Å². The van der Waals surface area contributed by atoms with Gasteiger partial charge < -0.3 is 0 Å². The third kappa shape index (κ3) is 2.08. The van der Waals surface area contributed by atoms with Crippen molar-refractivity contribution in [2.45, 2.75) is 32.6 Å². The number of allylic oxidation sites excluding steroid dienone is 1. The monoisotopic (exact) mass is 328 g/mol. The number of hydrogen-bond acceptors (Lipinski definition) is 3. The summed E-state index contributed by atoms with van der Waals surface area (Å²) in [5, 5.41) is -0.430. The van der Waals surface area contributed by atoms with E-state index >= 15 is 0 Å². The van der Waals surface area contributed by atoms with Crippen molar-refractivity contribution in [1.29, 1.82) is 0 Å². The number of anilines is 1. The minimum absolute atomic E-state index is 0.0281. The Balaban J connectivity index is 2.09. The lowest BCUT2D eigenvalue weighted by Crippen LogP contribution is -2.34. The molecule has 7 heteroatoms. The molecule has 0 N–H and O–H groups in total. The molecule has 0 unspecified atom stereocenters. The van der Waals surface area contributed by atoms with E-state index in [2.05, 4.69) is 0 Å². The van der Waals surface area contributed by atoms with Gasteiger partial charge in [-0.05, 0) is 18.8 Å². The second-order valence-corrected chi connectivity index (χ2v) is 6.74. The zero-order valence-corrected chi connectivity index (χ0v) is 13.2. The van der Waals surface area contributed by atoms with E-state index in [0.29, 0.717) is 17.1 Å². The van der Waals surface area contributed by atoms with Crippen LogP contribution in [0, 0.1) is 5.13 Å². The maximum atomic E-state index is 14.3. The maximum absolute atomic E-state index is 14.3. The van der Waals surface area contributed by atoms with Crippen molar-refractivity contribution in [2.24, 2.45) is 0 Å². The number of carbonyl (C=O) groups is 2. The molecule has 1 fully saturated rings. The smallest absolute Gasteiger partial charge is 0.289 e. The van der Waals surface area contributed by atoms with Gasteiger partial charge in [0.05, 0.1) is 5.02 Å². The lowest BCUT2D eigenvalue weighted by Gasteiger charge is -2.19. The number of hydrogen-bond donors (Lipinski definition) is 0. The summed E-state index contributed by atoms with van der Waals surface area (Å²) in [7, 11) is 0. The fourth-order valence-electron chi connectivity index (χ4n) is 2.59. The van der Waals surface area contributed by atoms with Crippen LogP contribution in [-0.4, -0.2) is 23.4 Å². The summed E-state index contributed by atoms with van der Waals surface area (Å²) >= 11 is 7.11. The van der Waals surface area contributed by atoms with Gasteiger partial charge in [0, 0.05) is 11.4 Å². The van der Waals surface area contributed by atoms with Gasteiger partial charge in [-0.3, -0.25) is 9.69 Å². The van der Waals surface area contributed by atoms with E-state index in [0.717, 1.165) is 29.1 Å². The van der Waals surface area contributed by atoms with E-state index in [4.69, 9.17) is 11.6 Å². The number of amides is 3. The first-order chi connectivity index (χ1) is 9.93. The topological polar surface area (TPSA) is 40.6 Å². The second kappa shape index (κ2) is 5.10. The van der Waals surface area contributed by atoms with Crippen LogP contribution in [0.25, 0.3) is 0 Å². The van der Waals surface area contributed by atoms with Gasteiger partial charge in [0.25, 0.3) is 5.91 Å². The van der Waals surface area contributed by atoms with Gasteiger partial charge in [0.2, 0.25) is 5.13 Å². The summed E-state index contributed by atoms with van der Waals surface area (Å²) in [5.41, 5.74) is 0.231. The molecule has 3 rings (SSSR count). The van der Waals surface area contributed by atoms with Crippen molar-refractivity contribution in [3.8, 4) is 0 Å². The van der Waals surface area contributed by atoms with Crippen molar-refractivity contribution in [3.63, 3.8) is 0 Å². The van der Waals surface area contributed by atoms with Crippen LogP contribution < -0.4 is 4.90 Å². The summed E-state index contributed by atoms with van der Waals surface area (Å²) in [6, 6.07) is -0.514. The van der Waals surface area contributed by atoms with Gasteiger partial charge in [-0.25, -0.2) is 9.69 Å². The Bertz CT molecular complexity index is 668. The van der Waals surface area contributed by atoms with Crippen LogP contribution in [0.5, 0.6) is 0 Å². The first kappa shape index (κ1) is 14.5. The van der Waals surface area contributed by atoms with Crippen LogP contribution in [0.4, 0.5) is 14.9 Å². The van der Waals surface area contributed by atoms with Crippen molar-refractivity contribution in [1.82, 2.24) is 4.90 Å². The molecule has 112 valence electrons. The lowest BCUT2D eigenvalue weighted by atomic mass is 10.1. The van der Waals surface area contributed by atoms with Gasteiger partial charge in [-0.2, -0.15) is 4.39 Å². The Labute approximate surface area is 130 Å². The Kier molecular flexibility index (Phi) is 3.53. The van der Waals surface area contributed by atoms with E-state index in [-0.39, 0.29) is 16.6 Å². The number of nitrogens with zero attached hydrogens (tertiary/aromatic N) is 2. The highest BCUT2D eigenvalue weighted by molar-refractivity contribution is 7.11. The number of carbonyl (C=O) groups excluding carboxylic acids is 2. The highest BCUT2D eigenvalue weighted by Crippen LogP contribution is 2.44. The van der Waals surface area contributed by atoms with Crippen LogP contribution >= 0.6 is 22.9 Å². The number of rotatable bonds is 2. The molecule has 0 aliphatic carbocycles. The molecule has 0 aromatic carbocycles. The van der Waals surface area contributed by atoms with Crippen molar-refractivity contribution >= 4 is 40.6 Å². The van der Waals surface area contributed by atoms with Crippen LogP contribution in [-0.2, 0) is 4.79 Å². The average Bonchev–Trinajstić information content (AvgIpc) is 2.87. The first-order valence-electron chi connectivity index (χ1n) is 6.77. The zero-order chi connectivity index (χ0) is 15.3. The van der Waals surface area contributed by atoms with E-state index in [1.54, 1.807) is 6.08 Å². The molecule has 0 bridgehead atoms. The molecule has 1 aromatic heterocycles. The number of thiophene rings is 1. The van der Waals surface area contributed by atoms with Crippen LogP contribution in [0.15, 0.2) is 11.8 Å². The molecule has 2 aliphatic rings. The normalized spacial score (nSPS) is 18.6.